The fourth-order valence-corrected chi connectivity index (χ4v) is 3.29. The van der Waals surface area contributed by atoms with Crippen LogP contribution in [0.3, 0.4) is 0 Å². The molecule has 2 aromatic carbocycles. The first-order valence-electron chi connectivity index (χ1n) is 8.45. The van der Waals surface area contributed by atoms with Gasteiger partial charge in [0.15, 0.2) is 0 Å². The lowest BCUT2D eigenvalue weighted by Gasteiger charge is -2.25. The molecule has 1 amide bonds. The Morgan fingerprint density at radius 2 is 1.82 bits per heavy atom. The largest absolute Gasteiger partial charge is 0.477 e. The summed E-state index contributed by atoms with van der Waals surface area (Å²) in [5.41, 5.74) is 1.49. The summed E-state index contributed by atoms with van der Waals surface area (Å²) in [6.45, 7) is 0. The van der Waals surface area contributed by atoms with Crippen LogP contribution >= 0.6 is 11.6 Å². The van der Waals surface area contributed by atoms with Gasteiger partial charge in [-0.25, -0.2) is 9.48 Å². The van der Waals surface area contributed by atoms with Gasteiger partial charge in [-0.1, -0.05) is 48.0 Å². The van der Waals surface area contributed by atoms with Crippen LogP contribution in [0.1, 0.15) is 22.0 Å². The van der Waals surface area contributed by atoms with Gasteiger partial charge in [-0.05, 0) is 29.8 Å². The van der Waals surface area contributed by atoms with Crippen molar-refractivity contribution in [2.75, 3.05) is 10.6 Å². The first kappa shape index (κ1) is 17.8. The molecule has 0 saturated heterocycles. The number of halogens is 1. The van der Waals surface area contributed by atoms with Crippen LogP contribution in [-0.2, 0) is 4.79 Å². The number of rotatable bonds is 4. The number of fused-ring (bicyclic) bond motifs is 1. The maximum absolute atomic E-state index is 12.7. The van der Waals surface area contributed by atoms with Crippen molar-refractivity contribution in [1.82, 2.24) is 9.78 Å². The summed E-state index contributed by atoms with van der Waals surface area (Å²) in [5, 5.41) is 19.9. The molecule has 2 heterocycles. The van der Waals surface area contributed by atoms with Crippen molar-refractivity contribution < 1.29 is 14.7 Å². The van der Waals surface area contributed by atoms with Crippen molar-refractivity contribution >= 4 is 35.0 Å². The minimum absolute atomic E-state index is 0.0494. The van der Waals surface area contributed by atoms with Gasteiger partial charge in [-0.2, -0.15) is 5.10 Å². The van der Waals surface area contributed by atoms with E-state index in [1.807, 2.05) is 12.1 Å². The van der Waals surface area contributed by atoms with Gasteiger partial charge in [-0.3, -0.25) is 4.79 Å². The van der Waals surface area contributed by atoms with Crippen LogP contribution in [-0.4, -0.2) is 26.8 Å². The minimum atomic E-state index is -1.14. The third-order valence-electron chi connectivity index (χ3n) is 4.37. The molecule has 1 atom stereocenters. The molecular weight excluding hydrogens is 380 g/mol. The summed E-state index contributed by atoms with van der Waals surface area (Å²) in [7, 11) is 0. The van der Waals surface area contributed by atoms with Gasteiger partial charge in [0.1, 0.15) is 23.1 Å². The van der Waals surface area contributed by atoms with Crippen molar-refractivity contribution in [2.24, 2.45) is 0 Å². The van der Waals surface area contributed by atoms with E-state index in [2.05, 4.69) is 15.7 Å². The summed E-state index contributed by atoms with van der Waals surface area (Å²) in [5.74, 6) is -1.25. The number of carboxylic acid groups (broad SMARTS) is 1. The van der Waals surface area contributed by atoms with E-state index >= 15 is 0 Å². The molecule has 3 N–H and O–H groups in total. The Bertz CT molecular complexity index is 1090. The number of carbonyl (C=O) groups excluding carboxylic acids is 1. The number of hydrogen-bond donors (Lipinski definition) is 3. The zero-order valence-electron chi connectivity index (χ0n) is 14.5. The molecule has 1 aromatic heterocycles. The summed E-state index contributed by atoms with van der Waals surface area (Å²) >= 11 is 6.31. The molecule has 0 fully saturated rings. The van der Waals surface area contributed by atoms with Crippen molar-refractivity contribution in [3.8, 4) is 0 Å². The maximum Gasteiger partial charge on any atom is 0.352 e. The molecule has 0 bridgehead atoms. The highest BCUT2D eigenvalue weighted by Crippen LogP contribution is 2.35. The van der Waals surface area contributed by atoms with E-state index in [4.69, 9.17) is 11.6 Å². The van der Waals surface area contributed by atoms with E-state index in [-0.39, 0.29) is 11.3 Å². The predicted molar refractivity (Wildman–Crippen MR) is 106 cm³/mol. The molecular formula is C20H15ClN4O3. The maximum atomic E-state index is 12.7. The first-order chi connectivity index (χ1) is 13.5. The SMILES string of the molecule is O=C(O)C1=CC(c2ccccc2Cl)n2ncc(C(=O)Nc3ccccc3)c2N1. The van der Waals surface area contributed by atoms with Gasteiger partial charge in [0, 0.05) is 10.7 Å². The summed E-state index contributed by atoms with van der Waals surface area (Å²) < 4.78 is 1.55. The standard InChI is InChI=1S/C20H15ClN4O3/c21-15-9-5-4-8-13(15)17-10-16(20(27)28)24-18-14(11-22-25(17)18)19(26)23-12-6-2-1-3-7-12/h1-11,17,24H,(H,23,26)(H,27,28). The third kappa shape index (κ3) is 3.23. The highest BCUT2D eigenvalue weighted by Gasteiger charge is 2.30. The highest BCUT2D eigenvalue weighted by molar-refractivity contribution is 6.31. The molecule has 0 saturated carbocycles. The third-order valence-corrected chi connectivity index (χ3v) is 4.71. The van der Waals surface area contributed by atoms with Gasteiger partial charge in [0.05, 0.1) is 6.20 Å². The van der Waals surface area contributed by atoms with Gasteiger partial charge in [0.2, 0.25) is 0 Å². The average Bonchev–Trinajstić information content (AvgIpc) is 3.13. The molecule has 0 spiro atoms. The Balaban J connectivity index is 1.75. The smallest absolute Gasteiger partial charge is 0.352 e. The quantitative estimate of drug-likeness (QED) is 0.626. The van der Waals surface area contributed by atoms with Crippen LogP contribution in [0.5, 0.6) is 0 Å². The number of carboxylic acids is 1. The summed E-state index contributed by atoms with van der Waals surface area (Å²) in [4.78, 5) is 24.4. The molecule has 1 unspecified atom stereocenters. The molecule has 0 radical (unpaired) electrons. The summed E-state index contributed by atoms with van der Waals surface area (Å²) in [6, 6.07) is 15.5. The molecule has 28 heavy (non-hydrogen) atoms. The lowest BCUT2D eigenvalue weighted by Crippen LogP contribution is -2.25. The zero-order chi connectivity index (χ0) is 19.7. The van der Waals surface area contributed by atoms with Crippen LogP contribution in [0, 0.1) is 0 Å². The van der Waals surface area contributed by atoms with Crippen molar-refractivity contribution in [1.29, 1.82) is 0 Å². The number of nitrogens with zero attached hydrogens (tertiary/aromatic N) is 2. The van der Waals surface area contributed by atoms with Crippen LogP contribution in [0.4, 0.5) is 11.5 Å². The zero-order valence-corrected chi connectivity index (χ0v) is 15.2. The van der Waals surface area contributed by atoms with Crippen LogP contribution in [0.2, 0.25) is 5.02 Å². The number of carbonyl (C=O) groups is 2. The highest BCUT2D eigenvalue weighted by atomic mass is 35.5. The fourth-order valence-electron chi connectivity index (χ4n) is 3.04. The van der Waals surface area contributed by atoms with Gasteiger partial charge in [-0.15, -0.1) is 0 Å². The summed E-state index contributed by atoms with van der Waals surface area (Å²) in [6.07, 6.45) is 2.92. The number of benzene rings is 2. The Labute approximate surface area is 165 Å². The molecule has 1 aliphatic rings. The van der Waals surface area contributed by atoms with Crippen molar-refractivity contribution in [2.45, 2.75) is 6.04 Å². The van der Waals surface area contributed by atoms with Gasteiger partial charge in [0.25, 0.3) is 5.91 Å². The number of anilines is 2. The lowest BCUT2D eigenvalue weighted by atomic mass is 10.0. The second-order valence-corrected chi connectivity index (χ2v) is 6.56. The Hall–Kier alpha value is -3.58. The van der Waals surface area contributed by atoms with E-state index in [1.54, 1.807) is 47.1 Å². The molecule has 140 valence electrons. The molecule has 3 aromatic rings. The molecule has 1 aliphatic heterocycles. The number of nitrogens with one attached hydrogen (secondary N) is 2. The van der Waals surface area contributed by atoms with Crippen molar-refractivity contribution in [3.63, 3.8) is 0 Å². The fraction of sp³-hybridized carbons (Fsp3) is 0.0500. The van der Waals surface area contributed by atoms with E-state index in [0.717, 1.165) is 0 Å². The van der Waals surface area contributed by atoms with E-state index in [0.29, 0.717) is 22.1 Å². The number of amides is 1. The average molecular weight is 395 g/mol. The van der Waals surface area contributed by atoms with E-state index in [1.165, 1.54) is 12.3 Å². The van der Waals surface area contributed by atoms with Gasteiger partial charge < -0.3 is 15.7 Å². The van der Waals surface area contributed by atoms with Crippen LogP contribution < -0.4 is 10.6 Å². The number of aliphatic carboxylic acids is 1. The normalized spacial score (nSPS) is 15.2. The molecule has 8 heteroatoms. The topological polar surface area (TPSA) is 96.2 Å². The lowest BCUT2D eigenvalue weighted by molar-refractivity contribution is -0.132. The Morgan fingerprint density at radius 1 is 1.11 bits per heavy atom. The predicted octanol–water partition coefficient (Wildman–Crippen LogP) is 3.77. The minimum Gasteiger partial charge on any atom is -0.477 e. The second kappa shape index (κ2) is 7.21. The van der Waals surface area contributed by atoms with E-state index < -0.39 is 17.9 Å². The first-order valence-corrected chi connectivity index (χ1v) is 8.83. The van der Waals surface area contributed by atoms with Gasteiger partial charge >= 0.3 is 5.97 Å². The number of hydrogen-bond acceptors (Lipinski definition) is 4. The Kier molecular flexibility index (Phi) is 4.58. The molecule has 7 nitrogen and oxygen atoms in total. The van der Waals surface area contributed by atoms with Crippen LogP contribution in [0.15, 0.2) is 72.6 Å². The number of para-hydroxylation sites is 1. The number of aromatic nitrogens is 2. The molecule has 4 rings (SSSR count). The second-order valence-electron chi connectivity index (χ2n) is 6.15. The Morgan fingerprint density at radius 3 is 2.54 bits per heavy atom. The number of allylic oxidation sites excluding steroid dienone is 1. The monoisotopic (exact) mass is 394 g/mol. The molecule has 0 aliphatic carbocycles. The van der Waals surface area contributed by atoms with E-state index in [9.17, 15) is 14.7 Å². The van der Waals surface area contributed by atoms with Crippen LogP contribution in [0.25, 0.3) is 0 Å². The van der Waals surface area contributed by atoms with Crippen molar-refractivity contribution in [3.05, 3.63) is 88.7 Å².